The molecule has 1 saturated heterocycles. The third kappa shape index (κ3) is 2.81. The molecule has 0 aliphatic carbocycles. The van der Waals surface area contributed by atoms with Crippen LogP contribution in [0.3, 0.4) is 0 Å². The predicted molar refractivity (Wildman–Crippen MR) is 67.2 cm³/mol. The van der Waals surface area contributed by atoms with Crippen molar-refractivity contribution in [1.29, 1.82) is 0 Å². The fourth-order valence-corrected chi connectivity index (χ4v) is 2.34. The lowest BCUT2D eigenvalue weighted by Gasteiger charge is -2.16. The standard InChI is InChI=1S/C12H16N2O6/c1-6-3-10(17)13-12(18)14(6)11-4-8(19-7(2)16)9(5-15)20-11/h3,8-9,11,15H,4-5H2,1-2H3,(H,13,17,18)/t8-,9+,11+/m0/s1. The van der Waals surface area contributed by atoms with Crippen LogP contribution in [0.25, 0.3) is 0 Å². The number of aromatic nitrogens is 2. The van der Waals surface area contributed by atoms with Gasteiger partial charge in [0, 0.05) is 25.1 Å². The number of carbonyl (C=O) groups excluding carboxylic acids is 1. The van der Waals surface area contributed by atoms with Crippen molar-refractivity contribution < 1.29 is 19.4 Å². The SMILES string of the molecule is CC(=O)O[C@H]1C[C@H](n2c(C)cc(=O)[nH]c2=O)O[C@@H]1CO. The zero-order chi connectivity index (χ0) is 14.9. The monoisotopic (exact) mass is 284 g/mol. The van der Waals surface area contributed by atoms with E-state index in [1.165, 1.54) is 17.6 Å². The number of aliphatic hydroxyl groups excluding tert-OH is 1. The number of hydrogen-bond acceptors (Lipinski definition) is 6. The third-order valence-corrected chi connectivity index (χ3v) is 3.13. The van der Waals surface area contributed by atoms with Crippen molar-refractivity contribution in [3.05, 3.63) is 32.6 Å². The van der Waals surface area contributed by atoms with Gasteiger partial charge in [0.1, 0.15) is 18.4 Å². The van der Waals surface area contributed by atoms with Gasteiger partial charge in [0.2, 0.25) is 0 Å². The van der Waals surface area contributed by atoms with E-state index in [4.69, 9.17) is 9.47 Å². The second kappa shape index (κ2) is 5.59. The van der Waals surface area contributed by atoms with Crippen molar-refractivity contribution in [2.24, 2.45) is 0 Å². The van der Waals surface area contributed by atoms with Crippen LogP contribution in [0.4, 0.5) is 0 Å². The number of rotatable bonds is 3. The number of aromatic amines is 1. The minimum atomic E-state index is -0.694. The summed E-state index contributed by atoms with van der Waals surface area (Å²) >= 11 is 0. The number of H-pyrrole nitrogens is 1. The molecule has 0 spiro atoms. The maximum Gasteiger partial charge on any atom is 0.330 e. The van der Waals surface area contributed by atoms with Crippen molar-refractivity contribution in [2.75, 3.05) is 6.61 Å². The van der Waals surface area contributed by atoms with E-state index in [0.717, 1.165) is 0 Å². The number of carbonyl (C=O) groups is 1. The quantitative estimate of drug-likeness (QED) is 0.693. The Morgan fingerprint density at radius 2 is 2.30 bits per heavy atom. The molecule has 8 nitrogen and oxygen atoms in total. The molecule has 0 aromatic carbocycles. The molecule has 110 valence electrons. The van der Waals surface area contributed by atoms with Crippen LogP contribution in [0.2, 0.25) is 0 Å². The van der Waals surface area contributed by atoms with Crippen LogP contribution in [0.5, 0.6) is 0 Å². The van der Waals surface area contributed by atoms with Gasteiger partial charge in [-0.3, -0.25) is 19.1 Å². The highest BCUT2D eigenvalue weighted by Gasteiger charge is 2.38. The predicted octanol–water partition coefficient (Wildman–Crippen LogP) is -0.943. The number of hydrogen-bond donors (Lipinski definition) is 2. The molecule has 1 aromatic rings. The molecule has 1 aliphatic rings. The number of ether oxygens (including phenoxy) is 2. The number of esters is 1. The number of aliphatic hydroxyl groups is 1. The molecule has 1 aromatic heterocycles. The third-order valence-electron chi connectivity index (χ3n) is 3.13. The molecular formula is C12H16N2O6. The van der Waals surface area contributed by atoms with E-state index in [1.807, 2.05) is 0 Å². The van der Waals surface area contributed by atoms with Crippen LogP contribution in [0, 0.1) is 6.92 Å². The summed E-state index contributed by atoms with van der Waals surface area (Å²) in [5.41, 5.74) is -0.652. The zero-order valence-electron chi connectivity index (χ0n) is 11.2. The summed E-state index contributed by atoms with van der Waals surface area (Å²) in [6, 6.07) is 1.28. The minimum Gasteiger partial charge on any atom is -0.460 e. The fourth-order valence-electron chi connectivity index (χ4n) is 2.34. The van der Waals surface area contributed by atoms with E-state index in [9.17, 15) is 19.5 Å². The Hall–Kier alpha value is -1.93. The van der Waals surface area contributed by atoms with E-state index in [0.29, 0.717) is 5.69 Å². The van der Waals surface area contributed by atoms with E-state index in [1.54, 1.807) is 6.92 Å². The Kier molecular flexibility index (Phi) is 4.05. The summed E-state index contributed by atoms with van der Waals surface area (Å²) < 4.78 is 11.9. The summed E-state index contributed by atoms with van der Waals surface area (Å²) in [5, 5.41) is 9.24. The molecule has 20 heavy (non-hydrogen) atoms. The van der Waals surface area contributed by atoms with E-state index in [2.05, 4.69) is 4.98 Å². The Labute approximate surface area is 114 Å². The van der Waals surface area contributed by atoms with Crippen molar-refractivity contribution in [1.82, 2.24) is 9.55 Å². The van der Waals surface area contributed by atoms with Crippen LogP contribution in [-0.2, 0) is 14.3 Å². The van der Waals surface area contributed by atoms with Crippen LogP contribution < -0.4 is 11.2 Å². The number of aryl methyl sites for hydroxylation is 1. The highest BCUT2D eigenvalue weighted by Crippen LogP contribution is 2.30. The molecule has 0 amide bonds. The normalized spacial score (nSPS) is 25.6. The van der Waals surface area contributed by atoms with E-state index in [-0.39, 0.29) is 13.0 Å². The van der Waals surface area contributed by atoms with Gasteiger partial charge in [0.25, 0.3) is 5.56 Å². The maximum atomic E-state index is 11.8. The van der Waals surface area contributed by atoms with Gasteiger partial charge in [-0.05, 0) is 6.92 Å². The molecule has 1 aliphatic heterocycles. The molecule has 0 radical (unpaired) electrons. The lowest BCUT2D eigenvalue weighted by atomic mass is 10.2. The first-order chi connectivity index (χ1) is 9.42. The summed E-state index contributed by atoms with van der Waals surface area (Å²) in [5.74, 6) is -0.483. The minimum absolute atomic E-state index is 0.234. The highest BCUT2D eigenvalue weighted by atomic mass is 16.6. The van der Waals surface area contributed by atoms with Gasteiger partial charge in [-0.2, -0.15) is 0 Å². The Morgan fingerprint density at radius 1 is 1.60 bits per heavy atom. The van der Waals surface area contributed by atoms with Crippen molar-refractivity contribution in [3.63, 3.8) is 0 Å². The van der Waals surface area contributed by atoms with Crippen LogP contribution in [-0.4, -0.2) is 39.4 Å². The van der Waals surface area contributed by atoms with Gasteiger partial charge in [0.05, 0.1) is 6.61 Å². The number of nitrogens with zero attached hydrogens (tertiary/aromatic N) is 1. The first-order valence-corrected chi connectivity index (χ1v) is 6.18. The van der Waals surface area contributed by atoms with E-state index >= 15 is 0 Å². The molecular weight excluding hydrogens is 268 g/mol. The Bertz CT molecular complexity index is 619. The maximum absolute atomic E-state index is 11.8. The first kappa shape index (κ1) is 14.5. The second-order valence-corrected chi connectivity index (χ2v) is 4.65. The van der Waals surface area contributed by atoms with Crippen molar-refractivity contribution in [3.8, 4) is 0 Å². The van der Waals surface area contributed by atoms with E-state index < -0.39 is 35.7 Å². The summed E-state index contributed by atoms with van der Waals surface area (Å²) in [6.07, 6.45) is -1.78. The summed E-state index contributed by atoms with van der Waals surface area (Å²) in [6.45, 7) is 2.54. The van der Waals surface area contributed by atoms with Gasteiger partial charge < -0.3 is 14.6 Å². The van der Waals surface area contributed by atoms with Crippen molar-refractivity contribution >= 4 is 5.97 Å². The van der Waals surface area contributed by atoms with Crippen LogP contribution >= 0.6 is 0 Å². The molecule has 3 atom stereocenters. The zero-order valence-corrected chi connectivity index (χ0v) is 11.2. The van der Waals surface area contributed by atoms with Gasteiger partial charge >= 0.3 is 11.7 Å². The molecule has 2 heterocycles. The average molecular weight is 284 g/mol. The Balaban J connectivity index is 2.30. The molecule has 2 N–H and O–H groups in total. The molecule has 8 heteroatoms. The van der Waals surface area contributed by atoms with Gasteiger partial charge in [0.15, 0.2) is 0 Å². The molecule has 1 fully saturated rings. The van der Waals surface area contributed by atoms with Gasteiger partial charge in [-0.1, -0.05) is 0 Å². The topological polar surface area (TPSA) is 111 Å². The number of nitrogens with one attached hydrogen (secondary N) is 1. The van der Waals surface area contributed by atoms with Crippen LogP contribution in [0.15, 0.2) is 15.7 Å². The first-order valence-electron chi connectivity index (χ1n) is 6.18. The summed E-state index contributed by atoms with van der Waals surface area (Å²) in [4.78, 5) is 36.2. The average Bonchev–Trinajstić information content (AvgIpc) is 2.69. The van der Waals surface area contributed by atoms with Gasteiger partial charge in [-0.25, -0.2) is 4.79 Å². The van der Waals surface area contributed by atoms with Gasteiger partial charge in [-0.15, -0.1) is 0 Å². The second-order valence-electron chi connectivity index (χ2n) is 4.65. The molecule has 0 unspecified atom stereocenters. The fraction of sp³-hybridized carbons (Fsp3) is 0.583. The smallest absolute Gasteiger partial charge is 0.330 e. The largest absolute Gasteiger partial charge is 0.460 e. The Morgan fingerprint density at radius 3 is 2.85 bits per heavy atom. The lowest BCUT2D eigenvalue weighted by molar-refractivity contribution is -0.150. The molecule has 2 rings (SSSR count). The molecule has 0 bridgehead atoms. The summed E-state index contributed by atoms with van der Waals surface area (Å²) in [7, 11) is 0. The molecule has 0 saturated carbocycles. The lowest BCUT2D eigenvalue weighted by Crippen LogP contribution is -2.34. The highest BCUT2D eigenvalue weighted by molar-refractivity contribution is 5.66. The van der Waals surface area contributed by atoms with Crippen LogP contribution in [0.1, 0.15) is 25.3 Å². The van der Waals surface area contributed by atoms with Crippen molar-refractivity contribution in [2.45, 2.75) is 38.7 Å².